The first-order valence-electron chi connectivity index (χ1n) is 13.9. The maximum absolute atomic E-state index is 13.1. The predicted molar refractivity (Wildman–Crippen MR) is 157 cm³/mol. The minimum atomic E-state index is -2.89. The van der Waals surface area contributed by atoms with Crippen LogP contribution in [0.3, 0.4) is 0 Å². The van der Waals surface area contributed by atoms with E-state index in [-0.39, 0.29) is 25.2 Å². The topological polar surface area (TPSA) is 97.7 Å². The summed E-state index contributed by atoms with van der Waals surface area (Å²) < 4.78 is 36.8. The van der Waals surface area contributed by atoms with Crippen LogP contribution < -0.4 is 0 Å². The molecular weight excluding hydrogens is 505 g/mol. The number of rotatable bonds is 19. The van der Waals surface area contributed by atoms with Gasteiger partial charge in [0.25, 0.3) is 7.52 Å². The van der Waals surface area contributed by atoms with E-state index in [9.17, 15) is 4.57 Å². The summed E-state index contributed by atoms with van der Waals surface area (Å²) in [5.41, 5.74) is 2.24. The molecular formula is C29H56NO7P. The average Bonchev–Trinajstić information content (AvgIpc) is 2.88. The van der Waals surface area contributed by atoms with Gasteiger partial charge in [0.1, 0.15) is 0 Å². The van der Waals surface area contributed by atoms with Gasteiger partial charge >= 0.3 is 0 Å². The van der Waals surface area contributed by atoms with E-state index >= 15 is 0 Å². The number of hydrogen-bond donors (Lipinski definition) is 2. The average molecular weight is 562 g/mol. The van der Waals surface area contributed by atoms with Crippen molar-refractivity contribution in [1.82, 2.24) is 4.67 Å². The first-order valence-corrected chi connectivity index (χ1v) is 15.7. The fourth-order valence-electron chi connectivity index (χ4n) is 3.51. The molecule has 224 valence electrons. The Morgan fingerprint density at radius 1 is 1.08 bits per heavy atom. The van der Waals surface area contributed by atoms with E-state index in [0.29, 0.717) is 58.2 Å². The number of nitrogens with zero attached hydrogens (tertiary/aromatic N) is 1. The van der Waals surface area contributed by atoms with Crippen LogP contribution in [0.4, 0.5) is 0 Å². The predicted octanol–water partition coefficient (Wildman–Crippen LogP) is 5.46. The Balaban J connectivity index is 0.000000793. The van der Waals surface area contributed by atoms with Gasteiger partial charge in [0.2, 0.25) is 0 Å². The number of morpholine rings is 1. The molecule has 1 aliphatic heterocycles. The van der Waals surface area contributed by atoms with Crippen LogP contribution in [0.15, 0.2) is 36.0 Å². The Bertz CT molecular complexity index is 716. The zero-order valence-corrected chi connectivity index (χ0v) is 25.8. The highest BCUT2D eigenvalue weighted by Crippen LogP contribution is 2.51. The smallest absolute Gasteiger partial charge is 0.272 e. The first-order chi connectivity index (χ1) is 18.0. The maximum atomic E-state index is 13.1. The Morgan fingerprint density at radius 3 is 2.21 bits per heavy atom. The molecule has 0 bridgehead atoms. The third-order valence-electron chi connectivity index (χ3n) is 5.72. The molecule has 38 heavy (non-hydrogen) atoms. The first kappa shape index (κ1) is 37.2. The lowest BCUT2D eigenvalue weighted by molar-refractivity contribution is -0.0137. The second-order valence-corrected chi connectivity index (χ2v) is 13.4. The van der Waals surface area contributed by atoms with Gasteiger partial charge in [-0.1, -0.05) is 63.6 Å². The second kappa shape index (κ2) is 21.9. The molecule has 1 aliphatic rings. The Hall–Kier alpha value is -0.830. The van der Waals surface area contributed by atoms with Crippen molar-refractivity contribution in [3.05, 3.63) is 36.0 Å². The van der Waals surface area contributed by atoms with Gasteiger partial charge in [0.05, 0.1) is 52.9 Å². The van der Waals surface area contributed by atoms with Crippen LogP contribution in [0.1, 0.15) is 60.8 Å². The number of aliphatic hydroxyl groups is 2. The van der Waals surface area contributed by atoms with Gasteiger partial charge in [0, 0.05) is 31.3 Å². The quantitative estimate of drug-likeness (QED) is 0.122. The van der Waals surface area contributed by atoms with E-state index in [1.165, 1.54) is 5.57 Å². The van der Waals surface area contributed by atoms with Crippen LogP contribution in [0, 0.1) is 11.3 Å². The standard InChI is InChI=1S/C17H30NO4P.C12H26O3/c1-4-17(8-7-16(2)3)6-5-15-23(20,22-14-11-19)18-9-12-21-13-10-18;1-11(2)5-7-14-9-12(3,4)10-15-8-6-13/h4,7-8,19H,2,5-6,9-15H2,1,3H3;11,13H,5-10H2,1-4H3/b8-7-,17-4-;. The highest BCUT2D eigenvalue weighted by Gasteiger charge is 2.32. The summed E-state index contributed by atoms with van der Waals surface area (Å²) in [6.45, 7) is 21.5. The van der Waals surface area contributed by atoms with E-state index in [0.717, 1.165) is 31.4 Å². The van der Waals surface area contributed by atoms with Gasteiger partial charge in [-0.2, -0.15) is 0 Å². The van der Waals surface area contributed by atoms with Crippen molar-refractivity contribution < 1.29 is 33.5 Å². The lowest BCUT2D eigenvalue weighted by Gasteiger charge is -2.33. The fraction of sp³-hybridized carbons (Fsp3) is 0.793. The van der Waals surface area contributed by atoms with E-state index in [1.807, 2.05) is 24.6 Å². The third kappa shape index (κ3) is 19.3. The minimum absolute atomic E-state index is 0.0339. The molecule has 1 unspecified atom stereocenters. The maximum Gasteiger partial charge on any atom is 0.272 e. The van der Waals surface area contributed by atoms with Crippen molar-refractivity contribution in [3.63, 3.8) is 0 Å². The Morgan fingerprint density at radius 2 is 1.68 bits per heavy atom. The van der Waals surface area contributed by atoms with Crippen LogP contribution in [0.25, 0.3) is 0 Å². The Labute approximate surface area is 232 Å². The van der Waals surface area contributed by atoms with Crippen LogP contribution in [-0.4, -0.2) is 93.6 Å². The minimum Gasteiger partial charge on any atom is -0.394 e. The number of ether oxygens (including phenoxy) is 3. The van der Waals surface area contributed by atoms with Gasteiger partial charge in [0.15, 0.2) is 0 Å². The lowest BCUT2D eigenvalue weighted by atomic mass is 9.96. The third-order valence-corrected chi connectivity index (χ3v) is 8.45. The highest BCUT2D eigenvalue weighted by molar-refractivity contribution is 7.56. The molecule has 0 spiro atoms. The van der Waals surface area contributed by atoms with Crippen LogP contribution in [0.5, 0.6) is 0 Å². The number of hydrogen-bond acceptors (Lipinski definition) is 7. The fourth-order valence-corrected chi connectivity index (χ4v) is 5.78. The zero-order valence-electron chi connectivity index (χ0n) is 25.0. The van der Waals surface area contributed by atoms with Gasteiger partial charge in [-0.25, -0.2) is 4.67 Å². The monoisotopic (exact) mass is 561 g/mol. The van der Waals surface area contributed by atoms with Gasteiger partial charge < -0.3 is 28.9 Å². The van der Waals surface area contributed by atoms with Crippen molar-refractivity contribution in [2.24, 2.45) is 11.3 Å². The summed E-state index contributed by atoms with van der Waals surface area (Å²) in [5, 5.41) is 17.6. The Kier molecular flexibility index (Phi) is 21.4. The molecule has 1 heterocycles. The van der Waals surface area contributed by atoms with E-state index in [1.54, 1.807) is 0 Å². The number of aliphatic hydroxyl groups excluding tert-OH is 2. The van der Waals surface area contributed by atoms with Crippen LogP contribution >= 0.6 is 7.52 Å². The van der Waals surface area contributed by atoms with Crippen molar-refractivity contribution in [3.8, 4) is 0 Å². The van der Waals surface area contributed by atoms with Crippen molar-refractivity contribution in [1.29, 1.82) is 0 Å². The zero-order chi connectivity index (χ0) is 28.9. The van der Waals surface area contributed by atoms with E-state index < -0.39 is 7.52 Å². The summed E-state index contributed by atoms with van der Waals surface area (Å²) >= 11 is 0. The normalized spacial score (nSPS) is 16.9. The van der Waals surface area contributed by atoms with Crippen molar-refractivity contribution in [2.45, 2.75) is 60.8 Å². The molecule has 0 aromatic rings. The second-order valence-electron chi connectivity index (χ2n) is 10.8. The SMILES string of the molecule is C=C(C)/C=C\C(=C/C)CCCP(=O)(OCCO)N1CCOCC1.CC(C)CCOCC(C)(C)COCCO. The summed E-state index contributed by atoms with van der Waals surface area (Å²) in [7, 11) is -2.89. The van der Waals surface area contributed by atoms with Gasteiger partial charge in [-0.15, -0.1) is 0 Å². The lowest BCUT2D eigenvalue weighted by Crippen LogP contribution is -2.35. The molecule has 2 N–H and O–H groups in total. The molecule has 0 aromatic carbocycles. The highest BCUT2D eigenvalue weighted by atomic mass is 31.2. The van der Waals surface area contributed by atoms with Crippen LogP contribution in [-0.2, 0) is 23.3 Å². The molecule has 1 fully saturated rings. The van der Waals surface area contributed by atoms with Crippen LogP contribution in [0.2, 0.25) is 0 Å². The van der Waals surface area contributed by atoms with E-state index in [4.69, 9.17) is 28.9 Å². The molecule has 0 aromatic heterocycles. The van der Waals surface area contributed by atoms with Crippen molar-refractivity contribution >= 4 is 7.52 Å². The van der Waals surface area contributed by atoms with Crippen molar-refractivity contribution in [2.75, 3.05) is 78.7 Å². The van der Waals surface area contributed by atoms with Gasteiger partial charge in [-0.05, 0) is 39.0 Å². The molecule has 0 amide bonds. The summed E-state index contributed by atoms with van der Waals surface area (Å²) in [6.07, 6.45) is 9.32. The molecule has 1 atom stereocenters. The van der Waals surface area contributed by atoms with Gasteiger partial charge in [-0.3, -0.25) is 4.57 Å². The molecule has 0 radical (unpaired) electrons. The summed E-state index contributed by atoms with van der Waals surface area (Å²) in [6, 6.07) is 0. The summed E-state index contributed by atoms with van der Waals surface area (Å²) in [5.74, 6) is 0.693. The molecule has 1 saturated heterocycles. The molecule has 1 rings (SSSR count). The molecule has 0 aliphatic carbocycles. The molecule has 8 nitrogen and oxygen atoms in total. The molecule has 9 heteroatoms. The number of allylic oxidation sites excluding steroid dienone is 5. The van der Waals surface area contributed by atoms with E-state index in [2.05, 4.69) is 46.4 Å². The molecule has 0 saturated carbocycles. The largest absolute Gasteiger partial charge is 0.394 e. The summed E-state index contributed by atoms with van der Waals surface area (Å²) in [4.78, 5) is 0.